The summed E-state index contributed by atoms with van der Waals surface area (Å²) in [5, 5.41) is 10.2. The number of piperidine rings is 1. The van der Waals surface area contributed by atoms with E-state index in [-0.39, 0.29) is 6.10 Å². The number of likely N-dealkylation sites (tertiary alicyclic amines) is 1. The van der Waals surface area contributed by atoms with Gasteiger partial charge in [0.05, 0.1) is 6.10 Å². The highest BCUT2D eigenvalue weighted by molar-refractivity contribution is 5.14. The van der Waals surface area contributed by atoms with Crippen LogP contribution in [-0.4, -0.2) is 53.7 Å². The molecule has 1 aromatic carbocycles. The van der Waals surface area contributed by atoms with Crippen molar-refractivity contribution in [2.45, 2.75) is 57.2 Å². The Kier molecular flexibility index (Phi) is 6.09. The molecule has 2 aliphatic rings. The first-order chi connectivity index (χ1) is 11.2. The van der Waals surface area contributed by atoms with Gasteiger partial charge in [-0.25, -0.2) is 0 Å². The van der Waals surface area contributed by atoms with Crippen LogP contribution in [0, 0.1) is 5.92 Å². The van der Waals surface area contributed by atoms with E-state index in [4.69, 9.17) is 0 Å². The molecule has 3 nitrogen and oxygen atoms in total. The molecule has 3 rings (SSSR count). The Morgan fingerprint density at radius 1 is 1.04 bits per heavy atom. The van der Waals surface area contributed by atoms with E-state index < -0.39 is 0 Å². The third kappa shape index (κ3) is 4.79. The fourth-order valence-electron chi connectivity index (χ4n) is 4.39. The maximum absolute atomic E-state index is 10.2. The molecule has 23 heavy (non-hydrogen) atoms. The summed E-state index contributed by atoms with van der Waals surface area (Å²) >= 11 is 0. The summed E-state index contributed by atoms with van der Waals surface area (Å²) < 4.78 is 0. The van der Waals surface area contributed by atoms with Crippen LogP contribution in [0.4, 0.5) is 0 Å². The zero-order chi connectivity index (χ0) is 16.1. The molecule has 0 spiro atoms. The minimum absolute atomic E-state index is 0.0824. The smallest absolute Gasteiger partial charge is 0.0695 e. The molecule has 1 heterocycles. The molecule has 2 atom stereocenters. The molecular weight excluding hydrogens is 284 g/mol. The highest BCUT2D eigenvalue weighted by Gasteiger charge is 2.31. The zero-order valence-corrected chi connectivity index (χ0v) is 14.5. The van der Waals surface area contributed by atoms with Crippen LogP contribution in [0.3, 0.4) is 0 Å². The molecule has 2 fully saturated rings. The van der Waals surface area contributed by atoms with Gasteiger partial charge in [0.15, 0.2) is 0 Å². The Morgan fingerprint density at radius 2 is 1.74 bits per heavy atom. The lowest BCUT2D eigenvalue weighted by atomic mass is 9.88. The first-order valence-corrected chi connectivity index (χ1v) is 9.37. The third-order valence-corrected chi connectivity index (χ3v) is 5.68. The second kappa shape index (κ2) is 8.27. The molecule has 0 unspecified atom stereocenters. The topological polar surface area (TPSA) is 26.7 Å². The summed E-state index contributed by atoms with van der Waals surface area (Å²) in [6.07, 6.45) is 7.18. The number of aliphatic hydroxyl groups excluding tert-OH is 1. The van der Waals surface area contributed by atoms with Gasteiger partial charge in [-0.2, -0.15) is 0 Å². The Morgan fingerprint density at radius 3 is 2.43 bits per heavy atom. The standard InChI is InChI=1S/C20H32N2O/c1-21(15-17-7-3-2-4-8-17)16-18-11-13-22(14-12-18)19-9-5-6-10-20(19)23/h2-4,7-8,18-20,23H,5-6,9-16H2,1H3/t19-,20-/m1/s1. The molecule has 1 N–H and O–H groups in total. The predicted octanol–water partition coefficient (Wildman–Crippen LogP) is 3.13. The highest BCUT2D eigenvalue weighted by Crippen LogP contribution is 2.27. The second-order valence-corrected chi connectivity index (χ2v) is 7.58. The number of hydrogen-bond donors (Lipinski definition) is 1. The van der Waals surface area contributed by atoms with E-state index in [1.54, 1.807) is 0 Å². The van der Waals surface area contributed by atoms with E-state index in [2.05, 4.69) is 47.2 Å². The van der Waals surface area contributed by atoms with Crippen molar-refractivity contribution in [3.8, 4) is 0 Å². The molecular formula is C20H32N2O. The van der Waals surface area contributed by atoms with Gasteiger partial charge in [0.25, 0.3) is 0 Å². The summed E-state index contributed by atoms with van der Waals surface area (Å²) in [6.45, 7) is 4.58. The molecule has 1 aromatic rings. The maximum atomic E-state index is 10.2. The number of rotatable bonds is 5. The average Bonchev–Trinajstić information content (AvgIpc) is 2.57. The third-order valence-electron chi connectivity index (χ3n) is 5.68. The van der Waals surface area contributed by atoms with Gasteiger partial charge in [-0.15, -0.1) is 0 Å². The SMILES string of the molecule is CN(Cc1ccccc1)CC1CCN([C@@H]2CCCC[C@H]2O)CC1. The van der Waals surface area contributed by atoms with Crippen LogP contribution in [0.25, 0.3) is 0 Å². The highest BCUT2D eigenvalue weighted by atomic mass is 16.3. The molecule has 128 valence electrons. The van der Waals surface area contributed by atoms with Gasteiger partial charge >= 0.3 is 0 Å². The van der Waals surface area contributed by atoms with Gasteiger partial charge in [0.1, 0.15) is 0 Å². The number of benzene rings is 1. The first-order valence-electron chi connectivity index (χ1n) is 9.37. The Hall–Kier alpha value is -0.900. The van der Waals surface area contributed by atoms with Crippen LogP contribution in [-0.2, 0) is 6.54 Å². The summed E-state index contributed by atoms with van der Waals surface area (Å²) in [6, 6.07) is 11.2. The summed E-state index contributed by atoms with van der Waals surface area (Å²) in [5.74, 6) is 0.806. The van der Waals surface area contributed by atoms with E-state index in [1.807, 2.05) is 0 Å². The Labute approximate surface area is 141 Å². The van der Waals surface area contributed by atoms with E-state index in [1.165, 1.54) is 57.3 Å². The zero-order valence-electron chi connectivity index (χ0n) is 14.5. The van der Waals surface area contributed by atoms with E-state index >= 15 is 0 Å². The first kappa shape index (κ1) is 16.9. The van der Waals surface area contributed by atoms with Gasteiger partial charge in [-0.05, 0) is 57.3 Å². The molecule has 1 saturated heterocycles. The van der Waals surface area contributed by atoms with Crippen LogP contribution in [0.15, 0.2) is 30.3 Å². The Balaban J connectivity index is 1.42. The number of aliphatic hydroxyl groups is 1. The van der Waals surface area contributed by atoms with Crippen molar-refractivity contribution in [2.24, 2.45) is 5.92 Å². The maximum Gasteiger partial charge on any atom is 0.0695 e. The minimum Gasteiger partial charge on any atom is -0.391 e. The summed E-state index contributed by atoms with van der Waals surface area (Å²) in [5.41, 5.74) is 1.40. The van der Waals surface area contributed by atoms with Crippen LogP contribution in [0.1, 0.15) is 44.1 Å². The van der Waals surface area contributed by atoms with Crippen molar-refractivity contribution < 1.29 is 5.11 Å². The fraction of sp³-hybridized carbons (Fsp3) is 0.700. The lowest BCUT2D eigenvalue weighted by Crippen LogP contribution is -2.49. The quantitative estimate of drug-likeness (QED) is 0.904. The lowest BCUT2D eigenvalue weighted by Gasteiger charge is -2.42. The monoisotopic (exact) mass is 316 g/mol. The van der Waals surface area contributed by atoms with Crippen molar-refractivity contribution in [1.29, 1.82) is 0 Å². The van der Waals surface area contributed by atoms with Crippen LogP contribution in [0.5, 0.6) is 0 Å². The van der Waals surface area contributed by atoms with E-state index in [0.29, 0.717) is 6.04 Å². The van der Waals surface area contributed by atoms with Crippen LogP contribution >= 0.6 is 0 Å². The fourth-order valence-corrected chi connectivity index (χ4v) is 4.39. The molecule has 0 bridgehead atoms. The van der Waals surface area contributed by atoms with Crippen LogP contribution in [0.2, 0.25) is 0 Å². The Bertz CT molecular complexity index is 456. The van der Waals surface area contributed by atoms with Gasteiger partial charge in [0, 0.05) is 19.1 Å². The van der Waals surface area contributed by atoms with Crippen molar-refractivity contribution in [2.75, 3.05) is 26.7 Å². The average molecular weight is 316 g/mol. The van der Waals surface area contributed by atoms with Gasteiger partial charge < -0.3 is 10.0 Å². The minimum atomic E-state index is -0.0824. The van der Waals surface area contributed by atoms with Gasteiger partial charge in [-0.1, -0.05) is 43.2 Å². The van der Waals surface area contributed by atoms with Crippen molar-refractivity contribution >= 4 is 0 Å². The molecule has 1 aliphatic heterocycles. The largest absolute Gasteiger partial charge is 0.391 e. The summed E-state index contributed by atoms with van der Waals surface area (Å²) in [4.78, 5) is 5.03. The number of hydrogen-bond acceptors (Lipinski definition) is 3. The van der Waals surface area contributed by atoms with Gasteiger partial charge in [0.2, 0.25) is 0 Å². The molecule has 0 radical (unpaired) electrons. The van der Waals surface area contributed by atoms with Crippen LogP contribution < -0.4 is 0 Å². The molecule has 0 amide bonds. The van der Waals surface area contributed by atoms with E-state index in [0.717, 1.165) is 18.9 Å². The predicted molar refractivity (Wildman–Crippen MR) is 95.3 cm³/mol. The van der Waals surface area contributed by atoms with Crippen molar-refractivity contribution in [3.05, 3.63) is 35.9 Å². The molecule has 1 saturated carbocycles. The number of nitrogens with zero attached hydrogens (tertiary/aromatic N) is 2. The summed E-state index contributed by atoms with van der Waals surface area (Å²) in [7, 11) is 2.24. The molecule has 3 heteroatoms. The normalized spacial score (nSPS) is 27.4. The van der Waals surface area contributed by atoms with Crippen molar-refractivity contribution in [3.63, 3.8) is 0 Å². The second-order valence-electron chi connectivity index (χ2n) is 7.58. The lowest BCUT2D eigenvalue weighted by molar-refractivity contribution is 0.00168. The van der Waals surface area contributed by atoms with Crippen molar-refractivity contribution in [1.82, 2.24) is 9.80 Å². The van der Waals surface area contributed by atoms with Gasteiger partial charge in [-0.3, -0.25) is 4.90 Å². The molecule has 0 aromatic heterocycles. The molecule has 1 aliphatic carbocycles. The van der Waals surface area contributed by atoms with E-state index in [9.17, 15) is 5.11 Å².